The van der Waals surface area contributed by atoms with Gasteiger partial charge in [0.1, 0.15) is 5.75 Å². The Morgan fingerprint density at radius 2 is 2.00 bits per heavy atom. The van der Waals surface area contributed by atoms with Gasteiger partial charge in [-0.3, -0.25) is 4.79 Å². The minimum atomic E-state index is -0.140. The standard InChI is InChI=1S/C14H20O2/c1-4-7-12-8-5-6-9-13(12)16-14(15)10-11(2)3/h5-6,8-9,11H,4,7,10H2,1-3H3. The maximum atomic E-state index is 11.6. The molecule has 0 amide bonds. The number of carbonyl (C=O) groups is 1. The number of ether oxygens (including phenoxy) is 1. The Morgan fingerprint density at radius 1 is 1.31 bits per heavy atom. The van der Waals surface area contributed by atoms with Crippen LogP contribution in [0.3, 0.4) is 0 Å². The molecule has 2 nitrogen and oxygen atoms in total. The molecule has 1 aromatic rings. The number of carbonyl (C=O) groups excluding carboxylic acids is 1. The minimum absolute atomic E-state index is 0.140. The molecule has 88 valence electrons. The first-order chi connectivity index (χ1) is 7.63. The molecule has 0 aliphatic heterocycles. The minimum Gasteiger partial charge on any atom is -0.426 e. The fourth-order valence-electron chi connectivity index (χ4n) is 1.58. The van der Waals surface area contributed by atoms with Crippen LogP contribution in [0.5, 0.6) is 5.75 Å². The van der Waals surface area contributed by atoms with E-state index in [0.717, 1.165) is 24.2 Å². The Labute approximate surface area is 97.6 Å². The summed E-state index contributed by atoms with van der Waals surface area (Å²) in [6, 6.07) is 7.76. The van der Waals surface area contributed by atoms with Crippen molar-refractivity contribution in [1.29, 1.82) is 0 Å². The van der Waals surface area contributed by atoms with Gasteiger partial charge < -0.3 is 4.74 Å². The van der Waals surface area contributed by atoms with Gasteiger partial charge in [0.25, 0.3) is 0 Å². The van der Waals surface area contributed by atoms with Crippen LogP contribution in [0, 0.1) is 5.92 Å². The molecule has 0 heterocycles. The lowest BCUT2D eigenvalue weighted by molar-refractivity contribution is -0.135. The van der Waals surface area contributed by atoms with Crippen molar-refractivity contribution < 1.29 is 9.53 Å². The van der Waals surface area contributed by atoms with E-state index in [1.54, 1.807) is 0 Å². The Kier molecular flexibility index (Phi) is 5.03. The number of rotatable bonds is 5. The van der Waals surface area contributed by atoms with Crippen LogP contribution in [0.25, 0.3) is 0 Å². The summed E-state index contributed by atoms with van der Waals surface area (Å²) < 4.78 is 5.37. The van der Waals surface area contributed by atoms with Gasteiger partial charge in [0.2, 0.25) is 0 Å². The fourth-order valence-corrected chi connectivity index (χ4v) is 1.58. The lowest BCUT2D eigenvalue weighted by Crippen LogP contribution is -2.11. The molecule has 1 rings (SSSR count). The maximum Gasteiger partial charge on any atom is 0.311 e. The van der Waals surface area contributed by atoms with Crippen LogP contribution >= 0.6 is 0 Å². The molecule has 1 aromatic carbocycles. The van der Waals surface area contributed by atoms with Gasteiger partial charge in [0.05, 0.1) is 0 Å². The first kappa shape index (κ1) is 12.8. The number of aryl methyl sites for hydroxylation is 1. The first-order valence-corrected chi connectivity index (χ1v) is 5.92. The van der Waals surface area contributed by atoms with Crippen molar-refractivity contribution in [2.24, 2.45) is 5.92 Å². The summed E-state index contributed by atoms with van der Waals surface area (Å²) in [5.41, 5.74) is 1.11. The molecule has 0 saturated heterocycles. The third-order valence-corrected chi connectivity index (χ3v) is 2.29. The van der Waals surface area contributed by atoms with E-state index in [-0.39, 0.29) is 5.97 Å². The number of benzene rings is 1. The third kappa shape index (κ3) is 4.05. The zero-order valence-corrected chi connectivity index (χ0v) is 10.3. The summed E-state index contributed by atoms with van der Waals surface area (Å²) in [7, 11) is 0. The first-order valence-electron chi connectivity index (χ1n) is 5.92. The van der Waals surface area contributed by atoms with Gasteiger partial charge in [-0.2, -0.15) is 0 Å². The molecule has 0 radical (unpaired) electrons. The van der Waals surface area contributed by atoms with Gasteiger partial charge >= 0.3 is 5.97 Å². The van der Waals surface area contributed by atoms with E-state index in [0.29, 0.717) is 12.3 Å². The van der Waals surface area contributed by atoms with Crippen LogP contribution in [0.2, 0.25) is 0 Å². The average molecular weight is 220 g/mol. The second kappa shape index (κ2) is 6.31. The van der Waals surface area contributed by atoms with Crippen LogP contribution in [-0.4, -0.2) is 5.97 Å². The van der Waals surface area contributed by atoms with Gasteiger partial charge in [-0.15, -0.1) is 0 Å². The fraction of sp³-hybridized carbons (Fsp3) is 0.500. The predicted octanol–water partition coefficient (Wildman–Crippen LogP) is 3.59. The van der Waals surface area contributed by atoms with Crippen molar-refractivity contribution in [1.82, 2.24) is 0 Å². The molecule has 16 heavy (non-hydrogen) atoms. The van der Waals surface area contributed by atoms with E-state index in [1.807, 2.05) is 38.1 Å². The highest BCUT2D eigenvalue weighted by molar-refractivity contribution is 5.72. The van der Waals surface area contributed by atoms with Gasteiger partial charge in [-0.05, 0) is 24.0 Å². The molecule has 0 bridgehead atoms. The van der Waals surface area contributed by atoms with E-state index in [9.17, 15) is 4.79 Å². The third-order valence-electron chi connectivity index (χ3n) is 2.29. The van der Waals surface area contributed by atoms with Crippen LogP contribution in [0.1, 0.15) is 39.2 Å². The van der Waals surface area contributed by atoms with Crippen LogP contribution in [0.15, 0.2) is 24.3 Å². The van der Waals surface area contributed by atoms with Crippen molar-refractivity contribution >= 4 is 5.97 Å². The summed E-state index contributed by atoms with van der Waals surface area (Å²) in [5.74, 6) is 0.916. The molecular formula is C14H20O2. The Bertz CT molecular complexity index is 342. The smallest absolute Gasteiger partial charge is 0.311 e. The quantitative estimate of drug-likeness (QED) is 0.560. The topological polar surface area (TPSA) is 26.3 Å². The summed E-state index contributed by atoms with van der Waals surface area (Å²) in [6.45, 7) is 6.14. The van der Waals surface area contributed by atoms with Crippen LogP contribution < -0.4 is 4.74 Å². The number of hydrogen-bond acceptors (Lipinski definition) is 2. The SMILES string of the molecule is CCCc1ccccc1OC(=O)CC(C)C. The molecule has 0 unspecified atom stereocenters. The molecule has 2 heteroatoms. The lowest BCUT2D eigenvalue weighted by atomic mass is 10.1. The van der Waals surface area contributed by atoms with Crippen molar-refractivity contribution in [3.05, 3.63) is 29.8 Å². The number of esters is 1. The van der Waals surface area contributed by atoms with E-state index in [2.05, 4.69) is 6.92 Å². The maximum absolute atomic E-state index is 11.6. The number of para-hydroxylation sites is 1. The van der Waals surface area contributed by atoms with Crippen molar-refractivity contribution in [2.45, 2.75) is 40.0 Å². The predicted molar refractivity (Wildman–Crippen MR) is 65.5 cm³/mol. The van der Waals surface area contributed by atoms with E-state index < -0.39 is 0 Å². The van der Waals surface area contributed by atoms with Gasteiger partial charge in [-0.25, -0.2) is 0 Å². The van der Waals surface area contributed by atoms with Gasteiger partial charge in [0, 0.05) is 6.42 Å². The molecule has 0 aliphatic carbocycles. The van der Waals surface area contributed by atoms with E-state index >= 15 is 0 Å². The lowest BCUT2D eigenvalue weighted by Gasteiger charge is -2.10. The Morgan fingerprint density at radius 3 is 2.62 bits per heavy atom. The van der Waals surface area contributed by atoms with Crippen LogP contribution in [-0.2, 0) is 11.2 Å². The van der Waals surface area contributed by atoms with E-state index in [4.69, 9.17) is 4.74 Å². The van der Waals surface area contributed by atoms with Gasteiger partial charge in [-0.1, -0.05) is 45.4 Å². The summed E-state index contributed by atoms with van der Waals surface area (Å²) in [6.07, 6.45) is 2.48. The van der Waals surface area contributed by atoms with Crippen LogP contribution in [0.4, 0.5) is 0 Å². The van der Waals surface area contributed by atoms with Crippen molar-refractivity contribution in [3.63, 3.8) is 0 Å². The molecule has 0 aliphatic rings. The molecule has 0 saturated carbocycles. The summed E-state index contributed by atoms with van der Waals surface area (Å²) in [5, 5.41) is 0. The summed E-state index contributed by atoms with van der Waals surface area (Å²) >= 11 is 0. The largest absolute Gasteiger partial charge is 0.426 e. The second-order valence-corrected chi connectivity index (χ2v) is 4.43. The van der Waals surface area contributed by atoms with E-state index in [1.165, 1.54) is 0 Å². The molecule has 0 spiro atoms. The molecule has 0 fully saturated rings. The Hall–Kier alpha value is -1.31. The highest BCUT2D eigenvalue weighted by Gasteiger charge is 2.09. The summed E-state index contributed by atoms with van der Waals surface area (Å²) in [4.78, 5) is 11.6. The number of hydrogen-bond donors (Lipinski definition) is 0. The second-order valence-electron chi connectivity index (χ2n) is 4.43. The highest BCUT2D eigenvalue weighted by atomic mass is 16.5. The highest BCUT2D eigenvalue weighted by Crippen LogP contribution is 2.20. The molecular weight excluding hydrogens is 200 g/mol. The van der Waals surface area contributed by atoms with Gasteiger partial charge in [0.15, 0.2) is 0 Å². The average Bonchev–Trinajstić information content (AvgIpc) is 2.20. The van der Waals surface area contributed by atoms with Crippen molar-refractivity contribution in [2.75, 3.05) is 0 Å². The monoisotopic (exact) mass is 220 g/mol. The molecule has 0 atom stereocenters. The molecule has 0 N–H and O–H groups in total. The molecule has 0 aromatic heterocycles. The zero-order valence-electron chi connectivity index (χ0n) is 10.3. The Balaban J connectivity index is 2.68. The normalized spacial score (nSPS) is 10.5. The zero-order chi connectivity index (χ0) is 12.0. The van der Waals surface area contributed by atoms with Crippen molar-refractivity contribution in [3.8, 4) is 5.75 Å².